The molecule has 1 saturated heterocycles. The molecule has 1 aliphatic heterocycles. The second-order valence-electron chi connectivity index (χ2n) is 5.07. The molecule has 4 heteroatoms. The molecular weight excluding hydrogens is 236 g/mol. The van der Waals surface area contributed by atoms with Gasteiger partial charge < -0.3 is 5.32 Å². The molecule has 4 nitrogen and oxygen atoms in total. The Kier molecular flexibility index (Phi) is 5.76. The molecule has 19 heavy (non-hydrogen) atoms. The Labute approximate surface area is 116 Å². The molecule has 0 radical (unpaired) electrons. The zero-order valence-electron chi connectivity index (χ0n) is 12.2. The Morgan fingerprint density at radius 3 is 2.63 bits per heavy atom. The third-order valence-corrected chi connectivity index (χ3v) is 3.96. The van der Waals surface area contributed by atoms with Crippen LogP contribution in [0.2, 0.25) is 0 Å². The van der Waals surface area contributed by atoms with Gasteiger partial charge in [-0.05, 0) is 24.7 Å². The van der Waals surface area contributed by atoms with Crippen LogP contribution in [-0.2, 0) is 0 Å². The predicted octanol–water partition coefficient (Wildman–Crippen LogP) is 1.37. The first-order chi connectivity index (χ1) is 9.35. The molecule has 1 atom stereocenters. The summed E-state index contributed by atoms with van der Waals surface area (Å²) in [5.41, 5.74) is 1.34. The fraction of sp³-hybridized carbons (Fsp3) is 0.667. The third-order valence-electron chi connectivity index (χ3n) is 3.96. The van der Waals surface area contributed by atoms with Crippen molar-refractivity contribution in [3.05, 3.63) is 30.1 Å². The van der Waals surface area contributed by atoms with Gasteiger partial charge in [-0.3, -0.25) is 14.8 Å². The van der Waals surface area contributed by atoms with Crippen molar-refractivity contribution in [2.45, 2.75) is 19.9 Å². The van der Waals surface area contributed by atoms with Crippen LogP contribution in [0, 0.1) is 0 Å². The molecule has 1 aliphatic rings. The SMILES string of the molecule is CCN(CC)C(CN1CCNCC1)c1cccnc1. The summed E-state index contributed by atoms with van der Waals surface area (Å²) in [7, 11) is 0. The first kappa shape index (κ1) is 14.4. The van der Waals surface area contributed by atoms with Gasteiger partial charge >= 0.3 is 0 Å². The van der Waals surface area contributed by atoms with Crippen molar-refractivity contribution in [3.8, 4) is 0 Å². The number of aromatic nitrogens is 1. The van der Waals surface area contributed by atoms with Crippen molar-refractivity contribution in [2.24, 2.45) is 0 Å². The summed E-state index contributed by atoms with van der Waals surface area (Å²) in [6, 6.07) is 4.71. The zero-order chi connectivity index (χ0) is 13.5. The van der Waals surface area contributed by atoms with Crippen LogP contribution in [0.15, 0.2) is 24.5 Å². The summed E-state index contributed by atoms with van der Waals surface area (Å²) in [4.78, 5) is 9.38. The topological polar surface area (TPSA) is 31.4 Å². The van der Waals surface area contributed by atoms with E-state index in [1.165, 1.54) is 5.56 Å². The molecule has 0 spiro atoms. The number of likely N-dealkylation sites (N-methyl/N-ethyl adjacent to an activating group) is 1. The van der Waals surface area contributed by atoms with Crippen LogP contribution in [0.25, 0.3) is 0 Å². The molecule has 0 aromatic carbocycles. The van der Waals surface area contributed by atoms with E-state index < -0.39 is 0 Å². The van der Waals surface area contributed by atoms with Gasteiger partial charge in [0.15, 0.2) is 0 Å². The average molecular weight is 262 g/mol. The van der Waals surface area contributed by atoms with E-state index in [2.05, 4.69) is 40.0 Å². The summed E-state index contributed by atoms with van der Waals surface area (Å²) in [6.07, 6.45) is 3.87. The van der Waals surface area contributed by atoms with E-state index in [9.17, 15) is 0 Å². The van der Waals surface area contributed by atoms with Crippen LogP contribution in [0.1, 0.15) is 25.5 Å². The van der Waals surface area contributed by atoms with Gasteiger partial charge in [0.05, 0.1) is 0 Å². The van der Waals surface area contributed by atoms with Gasteiger partial charge in [0.25, 0.3) is 0 Å². The van der Waals surface area contributed by atoms with Crippen molar-refractivity contribution < 1.29 is 0 Å². The molecule has 1 fully saturated rings. The van der Waals surface area contributed by atoms with E-state index >= 15 is 0 Å². The molecule has 1 aromatic heterocycles. The van der Waals surface area contributed by atoms with Crippen LogP contribution in [0.3, 0.4) is 0 Å². The molecule has 1 N–H and O–H groups in total. The number of pyridine rings is 1. The highest BCUT2D eigenvalue weighted by Gasteiger charge is 2.22. The van der Waals surface area contributed by atoms with E-state index in [4.69, 9.17) is 0 Å². The molecule has 2 rings (SSSR count). The number of piperazine rings is 1. The molecule has 0 amide bonds. The Balaban J connectivity index is 2.09. The van der Waals surface area contributed by atoms with Gasteiger partial charge in [0.1, 0.15) is 0 Å². The number of nitrogens with one attached hydrogen (secondary N) is 1. The van der Waals surface area contributed by atoms with Crippen molar-refractivity contribution in [1.29, 1.82) is 0 Å². The predicted molar refractivity (Wildman–Crippen MR) is 79.2 cm³/mol. The lowest BCUT2D eigenvalue weighted by Gasteiger charge is -2.36. The van der Waals surface area contributed by atoms with Crippen molar-refractivity contribution in [3.63, 3.8) is 0 Å². The van der Waals surface area contributed by atoms with Crippen molar-refractivity contribution in [2.75, 3.05) is 45.8 Å². The van der Waals surface area contributed by atoms with Crippen LogP contribution >= 0.6 is 0 Å². The van der Waals surface area contributed by atoms with E-state index in [0.29, 0.717) is 6.04 Å². The summed E-state index contributed by atoms with van der Waals surface area (Å²) in [5, 5.41) is 3.42. The number of hydrogen-bond acceptors (Lipinski definition) is 4. The highest BCUT2D eigenvalue weighted by atomic mass is 15.2. The highest BCUT2D eigenvalue weighted by Crippen LogP contribution is 2.21. The molecule has 0 saturated carbocycles. The molecule has 1 aromatic rings. The van der Waals surface area contributed by atoms with Crippen molar-refractivity contribution >= 4 is 0 Å². The number of rotatable bonds is 6. The molecule has 1 unspecified atom stereocenters. The number of nitrogens with zero attached hydrogens (tertiary/aromatic N) is 3. The van der Waals surface area contributed by atoms with E-state index in [1.807, 2.05) is 18.5 Å². The smallest absolute Gasteiger partial charge is 0.0490 e. The minimum absolute atomic E-state index is 0.460. The van der Waals surface area contributed by atoms with Crippen LogP contribution < -0.4 is 5.32 Å². The molecule has 0 bridgehead atoms. The molecule has 0 aliphatic carbocycles. The van der Waals surface area contributed by atoms with Crippen molar-refractivity contribution in [1.82, 2.24) is 20.1 Å². The lowest BCUT2D eigenvalue weighted by Crippen LogP contribution is -2.47. The Morgan fingerprint density at radius 1 is 1.32 bits per heavy atom. The maximum atomic E-state index is 4.29. The van der Waals surface area contributed by atoms with Gasteiger partial charge in [-0.15, -0.1) is 0 Å². The maximum Gasteiger partial charge on any atom is 0.0490 e. The standard InChI is InChI=1S/C15H26N4/c1-3-19(4-2)15(14-6-5-7-17-12-14)13-18-10-8-16-9-11-18/h5-7,12,15-16H,3-4,8-11,13H2,1-2H3. The summed E-state index contributed by atoms with van der Waals surface area (Å²) < 4.78 is 0. The number of hydrogen-bond donors (Lipinski definition) is 1. The van der Waals surface area contributed by atoms with Gasteiger partial charge in [0.2, 0.25) is 0 Å². The highest BCUT2D eigenvalue weighted by molar-refractivity contribution is 5.14. The quantitative estimate of drug-likeness (QED) is 0.839. The lowest BCUT2D eigenvalue weighted by molar-refractivity contribution is 0.138. The first-order valence-corrected chi connectivity index (χ1v) is 7.42. The minimum Gasteiger partial charge on any atom is -0.314 e. The summed E-state index contributed by atoms with van der Waals surface area (Å²) in [6.45, 7) is 12.3. The first-order valence-electron chi connectivity index (χ1n) is 7.42. The third kappa shape index (κ3) is 4.00. The fourth-order valence-electron chi connectivity index (χ4n) is 2.81. The van der Waals surface area contributed by atoms with E-state index in [1.54, 1.807) is 0 Å². The van der Waals surface area contributed by atoms with Crippen LogP contribution in [-0.4, -0.2) is 60.6 Å². The van der Waals surface area contributed by atoms with Gasteiger partial charge in [-0.25, -0.2) is 0 Å². The lowest BCUT2D eigenvalue weighted by atomic mass is 10.1. The minimum atomic E-state index is 0.460. The average Bonchev–Trinajstić information content (AvgIpc) is 2.49. The molecular formula is C15H26N4. The maximum absolute atomic E-state index is 4.29. The van der Waals surface area contributed by atoms with E-state index in [-0.39, 0.29) is 0 Å². The zero-order valence-corrected chi connectivity index (χ0v) is 12.2. The second-order valence-corrected chi connectivity index (χ2v) is 5.07. The second kappa shape index (κ2) is 7.58. The molecule has 106 valence electrons. The Bertz CT molecular complexity index is 344. The van der Waals surface area contributed by atoms with Gasteiger partial charge in [-0.2, -0.15) is 0 Å². The summed E-state index contributed by atoms with van der Waals surface area (Å²) >= 11 is 0. The Hall–Kier alpha value is -0.970. The molecule has 2 heterocycles. The largest absolute Gasteiger partial charge is 0.314 e. The monoisotopic (exact) mass is 262 g/mol. The summed E-state index contributed by atoms with van der Waals surface area (Å²) in [5.74, 6) is 0. The van der Waals surface area contributed by atoms with Crippen LogP contribution in [0.5, 0.6) is 0 Å². The van der Waals surface area contributed by atoms with Gasteiger partial charge in [0, 0.05) is 51.2 Å². The van der Waals surface area contributed by atoms with Crippen LogP contribution in [0.4, 0.5) is 0 Å². The van der Waals surface area contributed by atoms with E-state index in [0.717, 1.165) is 45.8 Å². The fourth-order valence-corrected chi connectivity index (χ4v) is 2.81. The van der Waals surface area contributed by atoms with Gasteiger partial charge in [-0.1, -0.05) is 19.9 Å². The Morgan fingerprint density at radius 2 is 2.05 bits per heavy atom. The normalized spacial score (nSPS) is 18.7.